The maximum absolute atomic E-state index is 12.5. The summed E-state index contributed by atoms with van der Waals surface area (Å²) in [5, 5.41) is 2.99. The highest BCUT2D eigenvalue weighted by Crippen LogP contribution is 2.29. The van der Waals surface area contributed by atoms with Crippen molar-refractivity contribution in [1.29, 1.82) is 0 Å². The van der Waals surface area contributed by atoms with Crippen molar-refractivity contribution in [2.75, 3.05) is 5.32 Å². The van der Waals surface area contributed by atoms with Gasteiger partial charge >= 0.3 is 0 Å². The van der Waals surface area contributed by atoms with Gasteiger partial charge in [0.25, 0.3) is 5.91 Å². The molecular formula is C20H24BrNO2. The number of carbonyl (C=O) groups excluding carboxylic acids is 1. The molecule has 2 rings (SSSR count). The van der Waals surface area contributed by atoms with Crippen LogP contribution in [0, 0.1) is 13.8 Å². The second-order valence-electron chi connectivity index (χ2n) is 6.36. The molecule has 1 amide bonds. The fraction of sp³-hybridized carbons (Fsp3) is 0.350. The molecule has 0 aliphatic carbocycles. The van der Waals surface area contributed by atoms with Gasteiger partial charge in [-0.1, -0.05) is 48.0 Å². The molecule has 0 bridgehead atoms. The Morgan fingerprint density at radius 1 is 1.08 bits per heavy atom. The highest BCUT2D eigenvalue weighted by atomic mass is 79.9. The van der Waals surface area contributed by atoms with E-state index in [0.29, 0.717) is 5.92 Å². The van der Waals surface area contributed by atoms with Crippen LogP contribution in [0.2, 0.25) is 0 Å². The average Bonchev–Trinajstić information content (AvgIpc) is 2.50. The Kier molecular flexibility index (Phi) is 6.05. The first-order valence-electron chi connectivity index (χ1n) is 8.12. The maximum Gasteiger partial charge on any atom is 0.265 e. The SMILES string of the molecule is Cc1cc(Br)cc(C)c1OC(C)C(=O)Nc1ccccc1C(C)C. The number of nitrogens with one attached hydrogen (secondary N) is 1. The Labute approximate surface area is 152 Å². The standard InChI is InChI=1S/C20H24BrNO2/c1-12(2)17-8-6-7-9-18(17)22-20(23)15(5)24-19-13(3)10-16(21)11-14(19)4/h6-12,15H,1-5H3,(H,22,23). The molecule has 24 heavy (non-hydrogen) atoms. The van der Waals surface area contributed by atoms with Crippen LogP contribution in [0.1, 0.15) is 43.4 Å². The summed E-state index contributed by atoms with van der Waals surface area (Å²) in [6, 6.07) is 11.8. The first kappa shape index (κ1) is 18.5. The van der Waals surface area contributed by atoms with Crippen LogP contribution in [0.4, 0.5) is 5.69 Å². The summed E-state index contributed by atoms with van der Waals surface area (Å²) >= 11 is 3.47. The van der Waals surface area contributed by atoms with Gasteiger partial charge in [0, 0.05) is 10.2 Å². The smallest absolute Gasteiger partial charge is 0.265 e. The number of benzene rings is 2. The lowest BCUT2D eigenvalue weighted by Gasteiger charge is -2.20. The first-order valence-corrected chi connectivity index (χ1v) is 8.92. The van der Waals surface area contributed by atoms with Crippen molar-refractivity contribution in [3.05, 3.63) is 57.6 Å². The first-order chi connectivity index (χ1) is 11.3. The molecule has 0 fully saturated rings. The number of hydrogen-bond acceptors (Lipinski definition) is 2. The van der Waals surface area contributed by atoms with E-state index in [4.69, 9.17) is 4.74 Å². The van der Waals surface area contributed by atoms with Crippen LogP contribution in [-0.4, -0.2) is 12.0 Å². The summed E-state index contributed by atoms with van der Waals surface area (Å²) in [6.07, 6.45) is -0.580. The molecule has 3 nitrogen and oxygen atoms in total. The van der Waals surface area contributed by atoms with Gasteiger partial charge in [0.1, 0.15) is 5.75 Å². The summed E-state index contributed by atoms with van der Waals surface area (Å²) < 4.78 is 6.94. The van der Waals surface area contributed by atoms with Crippen LogP contribution >= 0.6 is 15.9 Å². The van der Waals surface area contributed by atoms with Crippen molar-refractivity contribution >= 4 is 27.5 Å². The lowest BCUT2D eigenvalue weighted by atomic mass is 10.0. The number of carbonyl (C=O) groups is 1. The van der Waals surface area contributed by atoms with E-state index in [1.807, 2.05) is 50.2 Å². The molecule has 0 aliphatic heterocycles. The Morgan fingerprint density at radius 2 is 1.67 bits per heavy atom. The van der Waals surface area contributed by atoms with Gasteiger partial charge in [0.2, 0.25) is 0 Å². The maximum atomic E-state index is 12.5. The zero-order valence-electron chi connectivity index (χ0n) is 14.8. The molecule has 0 heterocycles. The number of halogens is 1. The third-order valence-electron chi connectivity index (χ3n) is 3.93. The molecule has 1 unspecified atom stereocenters. The molecule has 0 aliphatic rings. The van der Waals surface area contributed by atoms with Crippen molar-refractivity contribution in [2.45, 2.75) is 46.6 Å². The van der Waals surface area contributed by atoms with E-state index in [-0.39, 0.29) is 5.91 Å². The quantitative estimate of drug-likeness (QED) is 0.722. The Balaban J connectivity index is 2.14. The molecule has 128 valence electrons. The van der Waals surface area contributed by atoms with Gasteiger partial charge in [-0.15, -0.1) is 0 Å². The van der Waals surface area contributed by atoms with Gasteiger partial charge in [-0.25, -0.2) is 0 Å². The van der Waals surface area contributed by atoms with Crippen molar-refractivity contribution < 1.29 is 9.53 Å². The van der Waals surface area contributed by atoms with Gasteiger partial charge in [0.15, 0.2) is 6.10 Å². The Morgan fingerprint density at radius 3 is 2.25 bits per heavy atom. The topological polar surface area (TPSA) is 38.3 Å². The minimum atomic E-state index is -0.580. The van der Waals surface area contributed by atoms with E-state index in [2.05, 4.69) is 35.1 Å². The van der Waals surface area contributed by atoms with Crippen LogP contribution in [0.25, 0.3) is 0 Å². The average molecular weight is 390 g/mol. The molecule has 0 radical (unpaired) electrons. The van der Waals surface area contributed by atoms with Crippen molar-refractivity contribution in [2.24, 2.45) is 0 Å². The van der Waals surface area contributed by atoms with Gasteiger partial charge in [-0.2, -0.15) is 0 Å². The Hall–Kier alpha value is -1.81. The number of para-hydroxylation sites is 1. The molecule has 0 saturated heterocycles. The summed E-state index contributed by atoms with van der Waals surface area (Å²) in [4.78, 5) is 12.5. The number of anilines is 1. The largest absolute Gasteiger partial charge is 0.480 e. The number of ether oxygens (including phenoxy) is 1. The van der Waals surface area contributed by atoms with Gasteiger partial charge < -0.3 is 10.1 Å². The van der Waals surface area contributed by atoms with E-state index < -0.39 is 6.10 Å². The summed E-state index contributed by atoms with van der Waals surface area (Å²) in [7, 11) is 0. The van der Waals surface area contributed by atoms with Crippen LogP contribution in [0.3, 0.4) is 0 Å². The van der Waals surface area contributed by atoms with E-state index in [9.17, 15) is 4.79 Å². The monoisotopic (exact) mass is 389 g/mol. The molecule has 1 atom stereocenters. The summed E-state index contributed by atoms with van der Waals surface area (Å²) in [6.45, 7) is 9.95. The van der Waals surface area contributed by atoms with Crippen molar-refractivity contribution in [3.63, 3.8) is 0 Å². The van der Waals surface area contributed by atoms with Gasteiger partial charge in [0.05, 0.1) is 0 Å². The molecular weight excluding hydrogens is 366 g/mol. The lowest BCUT2D eigenvalue weighted by molar-refractivity contribution is -0.122. The number of rotatable bonds is 5. The molecule has 2 aromatic rings. The Bertz CT molecular complexity index is 717. The zero-order valence-corrected chi connectivity index (χ0v) is 16.4. The number of hydrogen-bond donors (Lipinski definition) is 1. The fourth-order valence-electron chi connectivity index (χ4n) is 2.66. The third-order valence-corrected chi connectivity index (χ3v) is 4.39. The van der Waals surface area contributed by atoms with E-state index in [0.717, 1.165) is 32.6 Å². The molecule has 4 heteroatoms. The fourth-order valence-corrected chi connectivity index (χ4v) is 3.35. The number of amides is 1. The van der Waals surface area contributed by atoms with Crippen LogP contribution in [-0.2, 0) is 4.79 Å². The van der Waals surface area contributed by atoms with Gasteiger partial charge in [-0.3, -0.25) is 4.79 Å². The number of aryl methyl sites for hydroxylation is 2. The second kappa shape index (κ2) is 7.84. The zero-order chi connectivity index (χ0) is 17.9. The van der Waals surface area contributed by atoms with Crippen LogP contribution in [0.15, 0.2) is 40.9 Å². The predicted molar refractivity (Wildman–Crippen MR) is 103 cm³/mol. The minimum Gasteiger partial charge on any atom is -0.480 e. The highest BCUT2D eigenvalue weighted by Gasteiger charge is 2.19. The van der Waals surface area contributed by atoms with Crippen LogP contribution in [0.5, 0.6) is 5.75 Å². The summed E-state index contributed by atoms with van der Waals surface area (Å²) in [5.41, 5.74) is 3.97. The second-order valence-corrected chi connectivity index (χ2v) is 7.28. The van der Waals surface area contributed by atoms with Gasteiger partial charge in [-0.05, 0) is 61.6 Å². The van der Waals surface area contributed by atoms with E-state index >= 15 is 0 Å². The molecule has 0 spiro atoms. The van der Waals surface area contributed by atoms with E-state index in [1.54, 1.807) is 6.92 Å². The molecule has 2 aromatic carbocycles. The third kappa shape index (κ3) is 4.38. The molecule has 1 N–H and O–H groups in total. The minimum absolute atomic E-state index is 0.148. The normalized spacial score (nSPS) is 12.1. The van der Waals surface area contributed by atoms with Crippen molar-refractivity contribution in [3.8, 4) is 5.75 Å². The molecule has 0 aromatic heterocycles. The van der Waals surface area contributed by atoms with Crippen LogP contribution < -0.4 is 10.1 Å². The van der Waals surface area contributed by atoms with Crippen molar-refractivity contribution in [1.82, 2.24) is 0 Å². The predicted octanol–water partition coefficient (Wildman–Crippen LogP) is 5.60. The summed E-state index contributed by atoms with van der Waals surface area (Å²) in [5.74, 6) is 0.955. The lowest BCUT2D eigenvalue weighted by Crippen LogP contribution is -2.31. The van der Waals surface area contributed by atoms with E-state index in [1.165, 1.54) is 0 Å². The highest BCUT2D eigenvalue weighted by molar-refractivity contribution is 9.10. The molecule has 0 saturated carbocycles.